The van der Waals surface area contributed by atoms with Gasteiger partial charge in [-0.3, -0.25) is 19.3 Å². The lowest BCUT2D eigenvalue weighted by atomic mass is 10.1. The summed E-state index contributed by atoms with van der Waals surface area (Å²) in [6, 6.07) is 10.1. The third kappa shape index (κ3) is 2.77. The predicted molar refractivity (Wildman–Crippen MR) is 91.5 cm³/mol. The number of imide groups is 1. The van der Waals surface area contributed by atoms with Crippen LogP contribution >= 0.6 is 23.2 Å². The van der Waals surface area contributed by atoms with Crippen molar-refractivity contribution in [1.82, 2.24) is 4.90 Å². The highest BCUT2D eigenvalue weighted by atomic mass is 35.5. The van der Waals surface area contributed by atoms with Gasteiger partial charge in [-0.25, -0.2) is 0 Å². The van der Waals surface area contributed by atoms with Crippen LogP contribution in [0.15, 0.2) is 42.5 Å². The van der Waals surface area contributed by atoms with Crippen molar-refractivity contribution >= 4 is 46.6 Å². The predicted octanol–water partition coefficient (Wildman–Crippen LogP) is 3.62. The van der Waals surface area contributed by atoms with E-state index in [1.807, 2.05) is 0 Å². The van der Waals surface area contributed by atoms with Gasteiger partial charge in [0.25, 0.3) is 11.8 Å². The van der Waals surface area contributed by atoms with Crippen LogP contribution in [0, 0.1) is 0 Å². The minimum absolute atomic E-state index is 0.294. The summed E-state index contributed by atoms with van der Waals surface area (Å²) in [7, 11) is 0. The molecular formula is C17H12Cl2N2O3. The summed E-state index contributed by atoms with van der Waals surface area (Å²) in [6.07, 6.45) is 0. The Morgan fingerprint density at radius 2 is 1.62 bits per heavy atom. The lowest BCUT2D eigenvalue weighted by Crippen LogP contribution is -2.45. The summed E-state index contributed by atoms with van der Waals surface area (Å²) in [6.45, 7) is 1.48. The average Bonchev–Trinajstić information content (AvgIpc) is 2.82. The molecular weight excluding hydrogens is 351 g/mol. The van der Waals surface area contributed by atoms with E-state index in [0.29, 0.717) is 26.9 Å². The molecule has 1 aliphatic heterocycles. The molecule has 1 N–H and O–H groups in total. The first-order valence-corrected chi connectivity index (χ1v) is 7.88. The zero-order chi connectivity index (χ0) is 17.4. The highest BCUT2D eigenvalue weighted by Crippen LogP contribution is 2.27. The molecule has 0 fully saturated rings. The maximum Gasteiger partial charge on any atom is 0.262 e. The fraction of sp³-hybridized carbons (Fsp3) is 0.118. The fourth-order valence-electron chi connectivity index (χ4n) is 2.51. The Morgan fingerprint density at radius 1 is 1.04 bits per heavy atom. The Labute approximate surface area is 148 Å². The first-order valence-electron chi connectivity index (χ1n) is 7.13. The van der Waals surface area contributed by atoms with Gasteiger partial charge in [0.1, 0.15) is 6.04 Å². The number of nitrogens with one attached hydrogen (secondary N) is 1. The Balaban J connectivity index is 1.83. The van der Waals surface area contributed by atoms with Crippen molar-refractivity contribution in [2.24, 2.45) is 0 Å². The number of hydrogen-bond donors (Lipinski definition) is 1. The van der Waals surface area contributed by atoms with Gasteiger partial charge in [-0.05, 0) is 37.3 Å². The van der Waals surface area contributed by atoms with Gasteiger partial charge in [0.15, 0.2) is 0 Å². The first kappa shape index (κ1) is 16.5. The van der Waals surface area contributed by atoms with E-state index in [1.165, 1.54) is 13.0 Å². The molecule has 1 aliphatic rings. The number of carbonyl (C=O) groups excluding carboxylic acids is 3. The van der Waals surface area contributed by atoms with E-state index in [1.54, 1.807) is 36.4 Å². The minimum Gasteiger partial charge on any atom is -0.323 e. The molecule has 3 amide bonds. The second-order valence-corrected chi connectivity index (χ2v) is 6.16. The van der Waals surface area contributed by atoms with Crippen LogP contribution in [-0.2, 0) is 4.79 Å². The van der Waals surface area contributed by atoms with Crippen LogP contribution in [0.2, 0.25) is 10.0 Å². The lowest BCUT2D eigenvalue weighted by Gasteiger charge is -2.22. The molecule has 2 aromatic rings. The molecule has 122 valence electrons. The number of rotatable bonds is 3. The fourth-order valence-corrected chi connectivity index (χ4v) is 2.84. The van der Waals surface area contributed by atoms with E-state index in [9.17, 15) is 14.4 Å². The molecule has 1 atom stereocenters. The number of nitrogens with zero attached hydrogens (tertiary/aromatic N) is 1. The summed E-state index contributed by atoms with van der Waals surface area (Å²) >= 11 is 11.9. The number of anilines is 1. The van der Waals surface area contributed by atoms with Crippen LogP contribution in [0.1, 0.15) is 27.6 Å². The molecule has 0 aromatic heterocycles. The molecule has 3 rings (SSSR count). The van der Waals surface area contributed by atoms with Crippen molar-refractivity contribution in [3.63, 3.8) is 0 Å². The summed E-state index contributed by atoms with van der Waals surface area (Å²) < 4.78 is 0. The molecule has 7 heteroatoms. The molecule has 0 spiro atoms. The van der Waals surface area contributed by atoms with E-state index >= 15 is 0 Å². The van der Waals surface area contributed by atoms with Crippen LogP contribution in [0.25, 0.3) is 0 Å². The minimum atomic E-state index is -0.993. The lowest BCUT2D eigenvalue weighted by molar-refractivity contribution is -0.119. The molecule has 24 heavy (non-hydrogen) atoms. The third-order valence-corrected chi connectivity index (χ3v) is 4.34. The standard InChI is InChI=1S/C17H12Cl2N2O3/c1-9(15(22)20-14-8-10(18)6-7-13(14)19)21-16(23)11-4-2-3-5-12(11)17(21)24/h2-9H,1H3,(H,20,22). The van der Waals surface area contributed by atoms with Crippen LogP contribution < -0.4 is 5.32 Å². The topological polar surface area (TPSA) is 66.5 Å². The van der Waals surface area contributed by atoms with Crippen LogP contribution in [-0.4, -0.2) is 28.7 Å². The van der Waals surface area contributed by atoms with Crippen LogP contribution in [0.3, 0.4) is 0 Å². The van der Waals surface area contributed by atoms with Crippen molar-refractivity contribution in [2.75, 3.05) is 5.32 Å². The van der Waals surface area contributed by atoms with Crippen molar-refractivity contribution in [1.29, 1.82) is 0 Å². The Kier molecular flexibility index (Phi) is 4.30. The number of benzene rings is 2. The van der Waals surface area contributed by atoms with Gasteiger partial charge < -0.3 is 5.32 Å². The Hall–Kier alpha value is -2.37. The van der Waals surface area contributed by atoms with Crippen molar-refractivity contribution in [3.05, 3.63) is 63.6 Å². The zero-order valence-electron chi connectivity index (χ0n) is 12.5. The van der Waals surface area contributed by atoms with E-state index in [0.717, 1.165) is 4.90 Å². The van der Waals surface area contributed by atoms with Crippen molar-refractivity contribution in [2.45, 2.75) is 13.0 Å². The van der Waals surface area contributed by atoms with Gasteiger partial charge in [0, 0.05) is 5.02 Å². The third-order valence-electron chi connectivity index (χ3n) is 3.78. The summed E-state index contributed by atoms with van der Waals surface area (Å²) in [4.78, 5) is 38.2. The maximum atomic E-state index is 12.4. The molecule has 0 aliphatic carbocycles. The molecule has 0 bridgehead atoms. The number of amides is 3. The second kappa shape index (κ2) is 6.26. The second-order valence-electron chi connectivity index (χ2n) is 5.32. The SMILES string of the molecule is CC(C(=O)Nc1cc(Cl)ccc1Cl)N1C(=O)c2ccccc2C1=O. The van der Waals surface area contributed by atoms with Gasteiger partial charge in [0.2, 0.25) is 5.91 Å². The van der Waals surface area contributed by atoms with Gasteiger partial charge in [0.05, 0.1) is 21.8 Å². The Morgan fingerprint density at radius 3 is 2.21 bits per heavy atom. The van der Waals surface area contributed by atoms with Gasteiger partial charge in [-0.1, -0.05) is 35.3 Å². The molecule has 0 saturated carbocycles. The summed E-state index contributed by atoms with van der Waals surface area (Å²) in [5.41, 5.74) is 0.906. The number of fused-ring (bicyclic) bond motifs is 1. The maximum absolute atomic E-state index is 12.4. The van der Waals surface area contributed by atoms with Gasteiger partial charge in [-0.15, -0.1) is 0 Å². The first-order chi connectivity index (χ1) is 11.4. The summed E-state index contributed by atoms with van der Waals surface area (Å²) in [5.74, 6) is -1.51. The number of hydrogen-bond acceptors (Lipinski definition) is 3. The smallest absolute Gasteiger partial charge is 0.262 e. The van der Waals surface area contributed by atoms with E-state index < -0.39 is 23.8 Å². The number of carbonyl (C=O) groups is 3. The molecule has 2 aromatic carbocycles. The van der Waals surface area contributed by atoms with Crippen LogP contribution in [0.5, 0.6) is 0 Å². The molecule has 0 radical (unpaired) electrons. The highest BCUT2D eigenvalue weighted by molar-refractivity contribution is 6.35. The molecule has 1 unspecified atom stereocenters. The van der Waals surface area contributed by atoms with Crippen molar-refractivity contribution in [3.8, 4) is 0 Å². The monoisotopic (exact) mass is 362 g/mol. The Bertz CT molecular complexity index is 832. The quantitative estimate of drug-likeness (QED) is 0.848. The number of halogens is 2. The van der Waals surface area contributed by atoms with Crippen LogP contribution in [0.4, 0.5) is 5.69 Å². The normalized spacial score (nSPS) is 14.5. The molecule has 1 heterocycles. The average molecular weight is 363 g/mol. The zero-order valence-corrected chi connectivity index (χ0v) is 14.1. The van der Waals surface area contributed by atoms with Gasteiger partial charge >= 0.3 is 0 Å². The largest absolute Gasteiger partial charge is 0.323 e. The summed E-state index contributed by atoms with van der Waals surface area (Å²) in [5, 5.41) is 3.31. The molecule has 0 saturated heterocycles. The van der Waals surface area contributed by atoms with Gasteiger partial charge in [-0.2, -0.15) is 0 Å². The van der Waals surface area contributed by atoms with Crippen molar-refractivity contribution < 1.29 is 14.4 Å². The van der Waals surface area contributed by atoms with E-state index in [2.05, 4.69) is 5.32 Å². The van der Waals surface area contributed by atoms with E-state index in [-0.39, 0.29) is 0 Å². The van der Waals surface area contributed by atoms with E-state index in [4.69, 9.17) is 23.2 Å². The highest BCUT2D eigenvalue weighted by Gasteiger charge is 2.40. The molecule has 5 nitrogen and oxygen atoms in total.